The topological polar surface area (TPSA) is 76.5 Å². The van der Waals surface area contributed by atoms with Gasteiger partial charge in [-0.05, 0) is 43.7 Å². The summed E-state index contributed by atoms with van der Waals surface area (Å²) in [5, 5.41) is 8.12. The molecule has 0 bridgehead atoms. The van der Waals surface area contributed by atoms with Crippen LogP contribution in [0.25, 0.3) is 11.1 Å². The standard InChI is InChI=1S/C35H38Cl2FN5O3S/c1-23-28(36)9-6-11-32(23)46-16-7-12-33(44)42-14-17-47-34-26(8-5-10-31(34)42)25-20-40-41(21-25)22-27-29(37)18-24(19-30(27)38)35(45)39-13-15-43(2,3)4/h5-6,8-11,18-21H,7,12-17,22H2,1-4H3/p+1. The van der Waals surface area contributed by atoms with E-state index in [-0.39, 0.29) is 34.5 Å². The van der Waals surface area contributed by atoms with Gasteiger partial charge in [0.1, 0.15) is 11.6 Å². The van der Waals surface area contributed by atoms with E-state index in [0.717, 1.165) is 45.3 Å². The van der Waals surface area contributed by atoms with Crippen molar-refractivity contribution in [2.24, 2.45) is 0 Å². The third-order valence-corrected chi connectivity index (χ3v) is 9.74. The Morgan fingerprint density at radius 1 is 1.11 bits per heavy atom. The van der Waals surface area contributed by atoms with Gasteiger partial charge in [-0.25, -0.2) is 4.39 Å². The number of likely N-dealkylation sites (N-methyl/N-ethyl adjacent to an activating group) is 1. The van der Waals surface area contributed by atoms with Crippen molar-refractivity contribution in [1.29, 1.82) is 0 Å². The van der Waals surface area contributed by atoms with Gasteiger partial charge >= 0.3 is 0 Å². The van der Waals surface area contributed by atoms with Crippen LogP contribution < -0.4 is 15.0 Å². The molecule has 5 rings (SSSR count). The number of aromatic nitrogens is 2. The molecular weight excluding hydrogens is 660 g/mol. The van der Waals surface area contributed by atoms with Crippen LogP contribution in [0, 0.1) is 12.7 Å². The smallest absolute Gasteiger partial charge is 0.251 e. The van der Waals surface area contributed by atoms with Crippen LogP contribution in [0.3, 0.4) is 0 Å². The molecule has 0 radical (unpaired) electrons. The van der Waals surface area contributed by atoms with Gasteiger partial charge < -0.3 is 19.4 Å². The van der Waals surface area contributed by atoms with Gasteiger partial charge in [0, 0.05) is 67.7 Å². The van der Waals surface area contributed by atoms with E-state index in [1.807, 2.05) is 75.6 Å². The first kappa shape index (κ1) is 34.8. The van der Waals surface area contributed by atoms with Crippen LogP contribution in [0.4, 0.5) is 10.1 Å². The molecule has 0 unspecified atom stereocenters. The van der Waals surface area contributed by atoms with Crippen molar-refractivity contribution < 1.29 is 23.2 Å². The van der Waals surface area contributed by atoms with Crippen LogP contribution in [-0.2, 0) is 11.3 Å². The first-order valence-electron chi connectivity index (χ1n) is 15.4. The predicted molar refractivity (Wildman–Crippen MR) is 187 cm³/mol. The molecule has 0 atom stereocenters. The molecular formula is C35H39Cl2FN5O3S+. The number of amides is 2. The molecule has 2 amide bonds. The van der Waals surface area contributed by atoms with Crippen molar-refractivity contribution in [2.45, 2.75) is 31.2 Å². The Balaban J connectivity index is 1.24. The average molecular weight is 700 g/mol. The maximum Gasteiger partial charge on any atom is 0.251 e. The fourth-order valence-corrected chi connectivity index (χ4v) is 6.84. The van der Waals surface area contributed by atoms with Crippen molar-refractivity contribution in [3.8, 4) is 16.9 Å². The Morgan fingerprint density at radius 3 is 2.66 bits per heavy atom. The van der Waals surface area contributed by atoms with Crippen molar-refractivity contribution in [1.82, 2.24) is 15.1 Å². The van der Waals surface area contributed by atoms with E-state index in [9.17, 15) is 9.59 Å². The quantitative estimate of drug-likeness (QED) is 0.126. The van der Waals surface area contributed by atoms with Crippen molar-refractivity contribution in [3.05, 3.63) is 93.5 Å². The monoisotopic (exact) mass is 698 g/mol. The number of ether oxygens (including phenoxy) is 1. The molecule has 8 nitrogen and oxygen atoms in total. The van der Waals surface area contributed by atoms with Crippen molar-refractivity contribution in [2.75, 3.05) is 58.0 Å². The minimum Gasteiger partial charge on any atom is -0.493 e. The van der Waals surface area contributed by atoms with E-state index >= 15 is 4.39 Å². The van der Waals surface area contributed by atoms with Crippen molar-refractivity contribution >= 4 is 52.5 Å². The van der Waals surface area contributed by atoms with E-state index in [2.05, 4.69) is 10.4 Å². The summed E-state index contributed by atoms with van der Waals surface area (Å²) in [5.74, 6) is 0.596. The number of halogens is 3. The fourth-order valence-electron chi connectivity index (χ4n) is 5.26. The number of hydrogen-bond acceptors (Lipinski definition) is 5. The van der Waals surface area contributed by atoms with Gasteiger partial charge in [-0.3, -0.25) is 14.3 Å². The van der Waals surface area contributed by atoms with Gasteiger partial charge in [0.25, 0.3) is 5.91 Å². The SMILES string of the molecule is Cc1c(Cl)cccc1OCCCC(=O)N1CCSc2c(-c3cnn(Cc4c(F)cc(C(=O)NCC[N+](C)(C)C)cc4Cl)c3)cccc21. The summed E-state index contributed by atoms with van der Waals surface area (Å²) in [7, 11) is 6.09. The molecule has 0 saturated carbocycles. The van der Waals surface area contributed by atoms with E-state index in [4.69, 9.17) is 27.9 Å². The highest BCUT2D eigenvalue weighted by atomic mass is 35.5. The molecule has 0 saturated heterocycles. The van der Waals surface area contributed by atoms with Crippen LogP contribution in [0.5, 0.6) is 5.75 Å². The Kier molecular flexibility index (Phi) is 11.2. The van der Waals surface area contributed by atoms with E-state index in [1.54, 1.807) is 22.6 Å². The molecule has 47 heavy (non-hydrogen) atoms. The molecule has 12 heteroatoms. The van der Waals surface area contributed by atoms with Gasteiger partial charge in [0.15, 0.2) is 0 Å². The zero-order valence-electron chi connectivity index (χ0n) is 27.0. The largest absolute Gasteiger partial charge is 0.493 e. The molecule has 3 aromatic carbocycles. The first-order chi connectivity index (χ1) is 22.4. The number of quaternary nitrogens is 1. The molecule has 0 fully saturated rings. The molecule has 248 valence electrons. The normalized spacial score (nSPS) is 13.0. The zero-order chi connectivity index (χ0) is 33.7. The minimum atomic E-state index is -0.568. The second-order valence-corrected chi connectivity index (χ2v) is 14.4. The third kappa shape index (κ3) is 8.67. The van der Waals surface area contributed by atoms with Gasteiger partial charge in [-0.1, -0.05) is 41.4 Å². The lowest BCUT2D eigenvalue weighted by atomic mass is 10.1. The first-order valence-corrected chi connectivity index (χ1v) is 17.2. The zero-order valence-corrected chi connectivity index (χ0v) is 29.3. The predicted octanol–water partition coefficient (Wildman–Crippen LogP) is 7.09. The lowest BCUT2D eigenvalue weighted by Gasteiger charge is -2.30. The van der Waals surface area contributed by atoms with Gasteiger partial charge in [-0.2, -0.15) is 5.10 Å². The Hall–Kier alpha value is -3.57. The summed E-state index contributed by atoms with van der Waals surface area (Å²) in [6.07, 6.45) is 4.51. The van der Waals surface area contributed by atoms with Crippen LogP contribution in [-0.4, -0.2) is 79.2 Å². The number of carbonyl (C=O) groups excluding carboxylic acids is 2. The number of anilines is 1. The lowest BCUT2D eigenvalue weighted by molar-refractivity contribution is -0.869. The van der Waals surface area contributed by atoms with Crippen LogP contribution in [0.15, 0.2) is 65.8 Å². The highest BCUT2D eigenvalue weighted by molar-refractivity contribution is 7.99. The van der Waals surface area contributed by atoms with Gasteiger partial charge in [0.05, 0.1) is 59.3 Å². The lowest BCUT2D eigenvalue weighted by Crippen LogP contribution is -2.41. The molecule has 1 aromatic heterocycles. The Bertz CT molecular complexity index is 1750. The van der Waals surface area contributed by atoms with E-state index in [1.165, 1.54) is 12.1 Å². The molecule has 1 aliphatic heterocycles. The van der Waals surface area contributed by atoms with Crippen LogP contribution in [0.1, 0.15) is 34.3 Å². The number of nitrogens with one attached hydrogen (secondary N) is 1. The third-order valence-electron chi connectivity index (χ3n) is 7.89. The molecule has 1 N–H and O–H groups in total. The number of fused-ring (bicyclic) bond motifs is 1. The summed E-state index contributed by atoms with van der Waals surface area (Å²) < 4.78 is 23.4. The second-order valence-electron chi connectivity index (χ2n) is 12.5. The molecule has 4 aromatic rings. The highest BCUT2D eigenvalue weighted by Gasteiger charge is 2.25. The van der Waals surface area contributed by atoms with E-state index in [0.29, 0.717) is 42.0 Å². The Labute approximate surface area is 289 Å². The second kappa shape index (κ2) is 15.1. The highest BCUT2D eigenvalue weighted by Crippen LogP contribution is 2.42. The minimum absolute atomic E-state index is 0.0430. The molecule has 2 heterocycles. The molecule has 1 aliphatic rings. The summed E-state index contributed by atoms with van der Waals surface area (Å²) >= 11 is 14.4. The number of carbonyl (C=O) groups is 2. The van der Waals surface area contributed by atoms with Crippen LogP contribution >= 0.6 is 35.0 Å². The maximum atomic E-state index is 15.2. The average Bonchev–Trinajstić information content (AvgIpc) is 3.50. The van der Waals surface area contributed by atoms with Crippen LogP contribution in [0.2, 0.25) is 10.0 Å². The fraction of sp³-hybridized carbons (Fsp3) is 0.343. The number of nitrogens with zero attached hydrogens (tertiary/aromatic N) is 4. The summed E-state index contributed by atoms with van der Waals surface area (Å²) in [6.45, 7) is 4.24. The number of hydrogen-bond donors (Lipinski definition) is 1. The number of thioether (sulfide) groups is 1. The summed E-state index contributed by atoms with van der Waals surface area (Å²) in [5.41, 5.74) is 3.97. The van der Waals surface area contributed by atoms with Gasteiger partial charge in [-0.15, -0.1) is 11.8 Å². The molecule has 0 aliphatic carbocycles. The Morgan fingerprint density at radius 2 is 1.89 bits per heavy atom. The number of benzene rings is 3. The summed E-state index contributed by atoms with van der Waals surface area (Å²) in [4.78, 5) is 28.8. The maximum absolute atomic E-state index is 15.2. The molecule has 0 spiro atoms. The van der Waals surface area contributed by atoms with Crippen molar-refractivity contribution in [3.63, 3.8) is 0 Å². The van der Waals surface area contributed by atoms with E-state index < -0.39 is 5.82 Å². The van der Waals surface area contributed by atoms with Gasteiger partial charge in [0.2, 0.25) is 5.91 Å². The summed E-state index contributed by atoms with van der Waals surface area (Å²) in [6, 6.07) is 14.2. The number of rotatable bonds is 12.